The predicted molar refractivity (Wildman–Crippen MR) is 149 cm³/mol. The van der Waals surface area contributed by atoms with E-state index in [9.17, 15) is 10.1 Å². The van der Waals surface area contributed by atoms with Crippen molar-refractivity contribution in [2.75, 3.05) is 37.7 Å². The number of nitriles is 1. The summed E-state index contributed by atoms with van der Waals surface area (Å²) in [6.07, 6.45) is 2.45. The molecule has 1 aliphatic rings. The van der Waals surface area contributed by atoms with E-state index in [0.29, 0.717) is 30.0 Å². The Hall–Kier alpha value is -4.41. The first-order valence-corrected chi connectivity index (χ1v) is 12.9. The van der Waals surface area contributed by atoms with E-state index in [-0.39, 0.29) is 5.56 Å². The van der Waals surface area contributed by atoms with Crippen molar-refractivity contribution in [1.82, 2.24) is 14.7 Å². The standard InChI is InChI=1S/C31H31N5O2/c1-24-11-13-25(14-12-24)15-20-38-30-29(22-33-36(31(30)37)28-9-3-2-4-10-28)35-18-16-34(17-19-35)23-27-8-6-5-7-26(27)21-32/h2-14,22H,15-20,23H2,1H3. The fourth-order valence-corrected chi connectivity index (χ4v) is 4.72. The number of anilines is 1. The Labute approximate surface area is 223 Å². The third-order valence-corrected chi connectivity index (χ3v) is 6.92. The Morgan fingerprint density at radius 1 is 0.921 bits per heavy atom. The van der Waals surface area contributed by atoms with Crippen LogP contribution in [0.4, 0.5) is 5.69 Å². The summed E-state index contributed by atoms with van der Waals surface area (Å²) in [5.74, 6) is 0.333. The lowest BCUT2D eigenvalue weighted by atomic mass is 10.1. The summed E-state index contributed by atoms with van der Waals surface area (Å²) < 4.78 is 7.61. The van der Waals surface area contributed by atoms with E-state index in [1.54, 1.807) is 6.20 Å². The summed E-state index contributed by atoms with van der Waals surface area (Å²) in [7, 11) is 0. The van der Waals surface area contributed by atoms with Crippen LogP contribution >= 0.6 is 0 Å². The monoisotopic (exact) mass is 505 g/mol. The lowest BCUT2D eigenvalue weighted by Gasteiger charge is -2.36. The number of para-hydroxylation sites is 1. The average molecular weight is 506 g/mol. The topological polar surface area (TPSA) is 74.4 Å². The number of hydrogen-bond donors (Lipinski definition) is 0. The number of hydrogen-bond acceptors (Lipinski definition) is 6. The Bertz CT molecular complexity index is 1470. The molecule has 0 bridgehead atoms. The second-order valence-corrected chi connectivity index (χ2v) is 9.53. The molecule has 0 aliphatic carbocycles. The predicted octanol–water partition coefficient (Wildman–Crippen LogP) is 4.36. The summed E-state index contributed by atoms with van der Waals surface area (Å²) in [5, 5.41) is 13.9. The number of nitrogens with zero attached hydrogens (tertiary/aromatic N) is 5. The van der Waals surface area contributed by atoms with E-state index in [4.69, 9.17) is 4.74 Å². The molecule has 1 fully saturated rings. The average Bonchev–Trinajstić information content (AvgIpc) is 2.96. The summed E-state index contributed by atoms with van der Waals surface area (Å²) in [6, 6.07) is 27.8. The first-order chi connectivity index (χ1) is 18.6. The summed E-state index contributed by atoms with van der Waals surface area (Å²) in [4.78, 5) is 18.1. The van der Waals surface area contributed by atoms with Crippen molar-refractivity contribution < 1.29 is 4.74 Å². The molecular weight excluding hydrogens is 474 g/mol. The van der Waals surface area contributed by atoms with E-state index in [0.717, 1.165) is 44.0 Å². The molecule has 0 amide bonds. The molecule has 2 heterocycles. The maximum Gasteiger partial charge on any atom is 0.316 e. The van der Waals surface area contributed by atoms with Crippen molar-refractivity contribution in [3.05, 3.63) is 118 Å². The smallest absolute Gasteiger partial charge is 0.316 e. The molecule has 1 aromatic heterocycles. The zero-order chi connectivity index (χ0) is 26.3. The van der Waals surface area contributed by atoms with E-state index >= 15 is 0 Å². The second-order valence-electron chi connectivity index (χ2n) is 9.53. The highest BCUT2D eigenvalue weighted by Gasteiger charge is 2.24. The summed E-state index contributed by atoms with van der Waals surface area (Å²) in [6.45, 7) is 6.28. The number of ether oxygens (including phenoxy) is 1. The van der Waals surface area contributed by atoms with Gasteiger partial charge in [-0.1, -0.05) is 66.2 Å². The molecule has 7 nitrogen and oxygen atoms in total. The maximum absolute atomic E-state index is 13.6. The van der Waals surface area contributed by atoms with Gasteiger partial charge in [-0.25, -0.2) is 0 Å². The Balaban J connectivity index is 1.34. The fraction of sp³-hybridized carbons (Fsp3) is 0.258. The van der Waals surface area contributed by atoms with Gasteiger partial charge in [-0.15, -0.1) is 0 Å². The third-order valence-electron chi connectivity index (χ3n) is 6.92. The first kappa shape index (κ1) is 25.2. The Morgan fingerprint density at radius 3 is 2.37 bits per heavy atom. The molecule has 3 aromatic carbocycles. The number of aromatic nitrogens is 2. The molecule has 4 aromatic rings. The van der Waals surface area contributed by atoms with Crippen LogP contribution in [0.5, 0.6) is 5.75 Å². The molecule has 1 aliphatic heterocycles. The number of aryl methyl sites for hydroxylation is 1. The van der Waals surface area contributed by atoms with Crippen LogP contribution < -0.4 is 15.2 Å². The highest BCUT2D eigenvalue weighted by molar-refractivity contribution is 5.57. The van der Waals surface area contributed by atoms with Gasteiger partial charge < -0.3 is 9.64 Å². The molecule has 0 spiro atoms. The summed E-state index contributed by atoms with van der Waals surface area (Å²) in [5.41, 5.74) is 5.30. The van der Waals surface area contributed by atoms with Crippen LogP contribution in [0.1, 0.15) is 22.3 Å². The van der Waals surface area contributed by atoms with Crippen LogP contribution in [-0.4, -0.2) is 47.5 Å². The quantitative estimate of drug-likeness (QED) is 0.354. The zero-order valence-electron chi connectivity index (χ0n) is 21.6. The van der Waals surface area contributed by atoms with Gasteiger partial charge in [0.1, 0.15) is 5.69 Å². The molecule has 38 heavy (non-hydrogen) atoms. The van der Waals surface area contributed by atoms with Crippen LogP contribution in [-0.2, 0) is 13.0 Å². The van der Waals surface area contributed by atoms with Gasteiger partial charge in [0, 0.05) is 39.1 Å². The van der Waals surface area contributed by atoms with Crippen molar-refractivity contribution in [2.24, 2.45) is 0 Å². The van der Waals surface area contributed by atoms with Gasteiger partial charge in [0.15, 0.2) is 0 Å². The number of rotatable bonds is 8. The molecule has 0 saturated carbocycles. The lowest BCUT2D eigenvalue weighted by molar-refractivity contribution is 0.247. The van der Waals surface area contributed by atoms with E-state index in [1.807, 2.05) is 54.6 Å². The highest BCUT2D eigenvalue weighted by Crippen LogP contribution is 2.26. The van der Waals surface area contributed by atoms with Gasteiger partial charge in [0.25, 0.3) is 0 Å². The van der Waals surface area contributed by atoms with Gasteiger partial charge in [-0.2, -0.15) is 15.0 Å². The zero-order valence-corrected chi connectivity index (χ0v) is 21.6. The van der Waals surface area contributed by atoms with Crippen molar-refractivity contribution in [1.29, 1.82) is 5.26 Å². The summed E-state index contributed by atoms with van der Waals surface area (Å²) >= 11 is 0. The van der Waals surface area contributed by atoms with Gasteiger partial charge in [-0.05, 0) is 36.2 Å². The number of piperazine rings is 1. The minimum Gasteiger partial charge on any atom is -0.486 e. The molecule has 7 heteroatoms. The molecule has 0 unspecified atom stereocenters. The highest BCUT2D eigenvalue weighted by atomic mass is 16.5. The van der Waals surface area contributed by atoms with Crippen LogP contribution in [0.2, 0.25) is 0 Å². The molecule has 0 N–H and O–H groups in total. The third kappa shape index (κ3) is 5.77. The van der Waals surface area contributed by atoms with Crippen molar-refractivity contribution >= 4 is 5.69 Å². The van der Waals surface area contributed by atoms with E-state index in [2.05, 4.69) is 52.2 Å². The largest absolute Gasteiger partial charge is 0.486 e. The molecule has 1 saturated heterocycles. The van der Waals surface area contributed by atoms with Crippen LogP contribution in [0.3, 0.4) is 0 Å². The Kier molecular flexibility index (Phi) is 7.81. The Morgan fingerprint density at radius 2 is 1.63 bits per heavy atom. The van der Waals surface area contributed by atoms with Gasteiger partial charge >= 0.3 is 5.56 Å². The van der Waals surface area contributed by atoms with Crippen LogP contribution in [0.15, 0.2) is 89.9 Å². The van der Waals surface area contributed by atoms with E-state index < -0.39 is 0 Å². The molecule has 0 atom stereocenters. The van der Waals surface area contributed by atoms with Gasteiger partial charge in [0.05, 0.1) is 30.1 Å². The lowest BCUT2D eigenvalue weighted by Crippen LogP contribution is -2.46. The first-order valence-electron chi connectivity index (χ1n) is 12.9. The normalized spacial score (nSPS) is 13.7. The molecular formula is C31H31N5O2. The van der Waals surface area contributed by atoms with Crippen molar-refractivity contribution in [3.63, 3.8) is 0 Å². The van der Waals surface area contributed by atoms with Crippen LogP contribution in [0, 0.1) is 18.3 Å². The van der Waals surface area contributed by atoms with E-state index in [1.165, 1.54) is 15.8 Å². The molecule has 0 radical (unpaired) electrons. The SMILES string of the molecule is Cc1ccc(CCOc2c(N3CCN(Cc4ccccc4C#N)CC3)cnn(-c3ccccc3)c2=O)cc1. The van der Waals surface area contributed by atoms with Crippen molar-refractivity contribution in [2.45, 2.75) is 19.9 Å². The molecule has 5 rings (SSSR count). The van der Waals surface area contributed by atoms with Gasteiger partial charge in [0.2, 0.25) is 5.75 Å². The fourth-order valence-electron chi connectivity index (χ4n) is 4.72. The second kappa shape index (κ2) is 11.8. The minimum absolute atomic E-state index is 0.261. The maximum atomic E-state index is 13.6. The van der Waals surface area contributed by atoms with Crippen molar-refractivity contribution in [3.8, 4) is 17.5 Å². The minimum atomic E-state index is -0.261. The van der Waals surface area contributed by atoms with Crippen LogP contribution in [0.25, 0.3) is 5.69 Å². The number of benzene rings is 3. The van der Waals surface area contributed by atoms with Gasteiger partial charge in [-0.3, -0.25) is 9.69 Å². The molecule has 192 valence electrons.